The van der Waals surface area contributed by atoms with Gasteiger partial charge in [-0.1, -0.05) is 23.2 Å². The van der Waals surface area contributed by atoms with E-state index in [-0.39, 0.29) is 15.6 Å². The summed E-state index contributed by atoms with van der Waals surface area (Å²) in [5.41, 5.74) is 0.163. The molecule has 0 fully saturated rings. The molecule has 6 heteroatoms. The SMILES string of the molecule is CON(C)C(=O)c1cc(Cl)c(F)c(Cl)c1. The van der Waals surface area contributed by atoms with Crippen molar-refractivity contribution in [2.75, 3.05) is 14.2 Å². The third-order valence-electron chi connectivity index (χ3n) is 1.79. The van der Waals surface area contributed by atoms with E-state index in [1.54, 1.807) is 0 Å². The van der Waals surface area contributed by atoms with Crippen LogP contribution < -0.4 is 0 Å². The standard InChI is InChI=1S/C9H8Cl2FNO2/c1-13(15-2)9(14)5-3-6(10)8(12)7(11)4-5/h3-4H,1-2H3. The van der Waals surface area contributed by atoms with E-state index in [4.69, 9.17) is 23.2 Å². The van der Waals surface area contributed by atoms with E-state index in [2.05, 4.69) is 4.84 Å². The quantitative estimate of drug-likeness (QED) is 0.598. The zero-order chi connectivity index (χ0) is 11.6. The molecule has 1 aromatic rings. The van der Waals surface area contributed by atoms with Gasteiger partial charge in [0.25, 0.3) is 5.91 Å². The summed E-state index contributed by atoms with van der Waals surface area (Å²) in [6.45, 7) is 0. The number of carbonyl (C=O) groups excluding carboxylic acids is 1. The second-order valence-corrected chi connectivity index (χ2v) is 3.55. The molecule has 15 heavy (non-hydrogen) atoms. The molecule has 0 radical (unpaired) electrons. The molecule has 0 spiro atoms. The Morgan fingerprint density at radius 3 is 2.27 bits per heavy atom. The van der Waals surface area contributed by atoms with Gasteiger partial charge in [0.15, 0.2) is 5.82 Å². The molecule has 0 saturated heterocycles. The molecule has 0 atom stereocenters. The van der Waals surface area contributed by atoms with Gasteiger partial charge in [-0.15, -0.1) is 0 Å². The molecule has 3 nitrogen and oxygen atoms in total. The normalized spacial score (nSPS) is 10.2. The van der Waals surface area contributed by atoms with Gasteiger partial charge in [-0.3, -0.25) is 9.63 Å². The van der Waals surface area contributed by atoms with Crippen molar-refractivity contribution in [1.82, 2.24) is 5.06 Å². The molecule has 1 rings (SSSR count). The van der Waals surface area contributed by atoms with Crippen LogP contribution in [0.2, 0.25) is 10.0 Å². The van der Waals surface area contributed by atoms with Gasteiger partial charge in [0.2, 0.25) is 0 Å². The van der Waals surface area contributed by atoms with Crippen molar-refractivity contribution in [3.8, 4) is 0 Å². The Bertz CT molecular complexity index is 375. The Labute approximate surface area is 96.3 Å². The van der Waals surface area contributed by atoms with Gasteiger partial charge in [-0.2, -0.15) is 0 Å². The van der Waals surface area contributed by atoms with Crippen LogP contribution in [0.15, 0.2) is 12.1 Å². The van der Waals surface area contributed by atoms with Crippen LogP contribution in [0.25, 0.3) is 0 Å². The fourth-order valence-electron chi connectivity index (χ4n) is 0.944. The molecule has 0 N–H and O–H groups in total. The molecule has 0 heterocycles. The van der Waals surface area contributed by atoms with E-state index in [0.29, 0.717) is 0 Å². The highest BCUT2D eigenvalue weighted by Crippen LogP contribution is 2.25. The summed E-state index contributed by atoms with van der Waals surface area (Å²) in [4.78, 5) is 16.2. The van der Waals surface area contributed by atoms with Crippen molar-refractivity contribution in [3.05, 3.63) is 33.6 Å². The first kappa shape index (κ1) is 12.2. The van der Waals surface area contributed by atoms with Crippen molar-refractivity contribution in [3.63, 3.8) is 0 Å². The van der Waals surface area contributed by atoms with Crippen LogP contribution in [0.3, 0.4) is 0 Å². The second kappa shape index (κ2) is 4.79. The highest BCUT2D eigenvalue weighted by Gasteiger charge is 2.15. The maximum absolute atomic E-state index is 13.0. The first-order chi connectivity index (χ1) is 6.97. The number of halogens is 3. The van der Waals surface area contributed by atoms with E-state index in [0.717, 1.165) is 5.06 Å². The van der Waals surface area contributed by atoms with Gasteiger partial charge in [0, 0.05) is 12.6 Å². The molecule has 0 saturated carbocycles. The summed E-state index contributed by atoms with van der Waals surface area (Å²) in [7, 11) is 2.76. The van der Waals surface area contributed by atoms with Crippen molar-refractivity contribution < 1.29 is 14.0 Å². The van der Waals surface area contributed by atoms with Crippen LogP contribution >= 0.6 is 23.2 Å². The van der Waals surface area contributed by atoms with E-state index < -0.39 is 11.7 Å². The Balaban J connectivity index is 3.12. The van der Waals surface area contributed by atoms with Gasteiger partial charge >= 0.3 is 0 Å². The van der Waals surface area contributed by atoms with E-state index in [1.807, 2.05) is 0 Å². The highest BCUT2D eigenvalue weighted by atomic mass is 35.5. The number of rotatable bonds is 2. The molecular formula is C9H8Cl2FNO2. The summed E-state index contributed by atoms with van der Waals surface area (Å²) >= 11 is 11.1. The smallest absolute Gasteiger partial charge is 0.274 e. The fourth-order valence-corrected chi connectivity index (χ4v) is 1.43. The molecule has 0 aromatic heterocycles. The van der Waals surface area contributed by atoms with Crippen molar-refractivity contribution in [1.29, 1.82) is 0 Å². The lowest BCUT2D eigenvalue weighted by Gasteiger charge is -2.13. The van der Waals surface area contributed by atoms with Gasteiger partial charge in [-0.25, -0.2) is 9.45 Å². The average molecular weight is 252 g/mol. The number of carbonyl (C=O) groups is 1. The predicted molar refractivity (Wildman–Crippen MR) is 55.5 cm³/mol. The van der Waals surface area contributed by atoms with E-state index in [9.17, 15) is 9.18 Å². The molecule has 1 amide bonds. The minimum atomic E-state index is -0.741. The topological polar surface area (TPSA) is 29.5 Å². The number of hydrogen-bond acceptors (Lipinski definition) is 2. The average Bonchev–Trinajstić information content (AvgIpc) is 2.23. The predicted octanol–water partition coefficient (Wildman–Crippen LogP) is 2.77. The number of hydroxylamine groups is 2. The Morgan fingerprint density at radius 1 is 1.40 bits per heavy atom. The number of benzene rings is 1. The zero-order valence-corrected chi connectivity index (χ0v) is 9.56. The largest absolute Gasteiger partial charge is 0.277 e. The van der Waals surface area contributed by atoms with E-state index >= 15 is 0 Å². The van der Waals surface area contributed by atoms with Crippen molar-refractivity contribution in [2.24, 2.45) is 0 Å². The Morgan fingerprint density at radius 2 is 1.87 bits per heavy atom. The van der Waals surface area contributed by atoms with Crippen LogP contribution in [0.5, 0.6) is 0 Å². The van der Waals surface area contributed by atoms with Crippen LogP contribution in [-0.2, 0) is 4.84 Å². The Hall–Kier alpha value is -0.840. The third kappa shape index (κ3) is 2.59. The molecule has 0 bridgehead atoms. The second-order valence-electron chi connectivity index (χ2n) is 2.74. The number of nitrogens with zero attached hydrogens (tertiary/aromatic N) is 1. The van der Waals surface area contributed by atoms with E-state index in [1.165, 1.54) is 26.3 Å². The molecule has 0 unspecified atom stereocenters. The van der Waals surface area contributed by atoms with Crippen molar-refractivity contribution in [2.45, 2.75) is 0 Å². The van der Waals surface area contributed by atoms with Crippen LogP contribution in [0.4, 0.5) is 4.39 Å². The lowest BCUT2D eigenvalue weighted by atomic mass is 10.2. The molecule has 0 aliphatic rings. The van der Waals surface area contributed by atoms with Crippen LogP contribution in [0, 0.1) is 5.82 Å². The molecule has 1 aromatic carbocycles. The van der Waals surface area contributed by atoms with Gasteiger partial charge in [0.05, 0.1) is 17.2 Å². The molecular weight excluding hydrogens is 244 g/mol. The van der Waals surface area contributed by atoms with Gasteiger partial charge < -0.3 is 0 Å². The summed E-state index contributed by atoms with van der Waals surface area (Å²) in [5.74, 6) is -1.20. The minimum absolute atomic E-state index is 0.163. The van der Waals surface area contributed by atoms with Crippen LogP contribution in [0.1, 0.15) is 10.4 Å². The summed E-state index contributed by atoms with van der Waals surface area (Å²) in [5, 5.41) is 0.589. The Kier molecular flexibility index (Phi) is 3.90. The third-order valence-corrected chi connectivity index (χ3v) is 2.34. The minimum Gasteiger partial charge on any atom is -0.274 e. The summed E-state index contributed by atoms with van der Waals surface area (Å²) in [6, 6.07) is 2.39. The molecule has 0 aliphatic carbocycles. The first-order valence-corrected chi connectivity index (χ1v) is 4.69. The highest BCUT2D eigenvalue weighted by molar-refractivity contribution is 6.35. The molecule has 0 aliphatic heterocycles. The molecule has 82 valence electrons. The monoisotopic (exact) mass is 251 g/mol. The fraction of sp³-hybridized carbons (Fsp3) is 0.222. The summed E-state index contributed by atoms with van der Waals surface area (Å²) in [6.07, 6.45) is 0. The number of hydrogen-bond donors (Lipinski definition) is 0. The van der Waals surface area contributed by atoms with Crippen molar-refractivity contribution >= 4 is 29.1 Å². The zero-order valence-electron chi connectivity index (χ0n) is 8.05. The van der Waals surface area contributed by atoms with Gasteiger partial charge in [-0.05, 0) is 12.1 Å². The van der Waals surface area contributed by atoms with Gasteiger partial charge in [0.1, 0.15) is 0 Å². The maximum atomic E-state index is 13.0. The maximum Gasteiger partial charge on any atom is 0.277 e. The lowest BCUT2D eigenvalue weighted by Crippen LogP contribution is -2.25. The number of amides is 1. The first-order valence-electron chi connectivity index (χ1n) is 3.94. The summed E-state index contributed by atoms with van der Waals surface area (Å²) < 4.78 is 13.0. The lowest BCUT2D eigenvalue weighted by molar-refractivity contribution is -0.0757. The van der Waals surface area contributed by atoms with Crippen LogP contribution in [-0.4, -0.2) is 25.1 Å².